The predicted molar refractivity (Wildman–Crippen MR) is 85.8 cm³/mol. The van der Waals surface area contributed by atoms with Crippen LogP contribution in [-0.4, -0.2) is 35.0 Å². The number of hydrogen-bond acceptors (Lipinski definition) is 4. The first-order chi connectivity index (χ1) is 9.65. The number of rotatable bonds is 5. The topological polar surface area (TPSA) is 54.0 Å². The van der Waals surface area contributed by atoms with Crippen molar-refractivity contribution in [2.45, 2.75) is 37.5 Å². The Morgan fingerprint density at radius 2 is 2.35 bits per heavy atom. The summed E-state index contributed by atoms with van der Waals surface area (Å²) < 4.78 is 0. The Balaban J connectivity index is 2.02. The van der Waals surface area contributed by atoms with Crippen molar-refractivity contribution in [1.82, 2.24) is 10.3 Å². The molecule has 1 aliphatic carbocycles. The van der Waals surface area contributed by atoms with Gasteiger partial charge < -0.3 is 10.6 Å². The van der Waals surface area contributed by atoms with Crippen LogP contribution < -0.4 is 10.6 Å². The monoisotopic (exact) mass is 313 g/mol. The van der Waals surface area contributed by atoms with Crippen LogP contribution in [0.4, 0.5) is 5.82 Å². The Morgan fingerprint density at radius 3 is 3.00 bits per heavy atom. The largest absolute Gasteiger partial charge is 0.372 e. The molecule has 0 aromatic carbocycles. The fourth-order valence-electron chi connectivity index (χ4n) is 2.50. The number of aromatic nitrogens is 1. The van der Waals surface area contributed by atoms with Crippen molar-refractivity contribution in [3.05, 3.63) is 22.8 Å². The molecule has 1 saturated carbocycles. The number of amides is 1. The van der Waals surface area contributed by atoms with Crippen molar-refractivity contribution in [3.63, 3.8) is 0 Å². The average Bonchev–Trinajstić information content (AvgIpc) is 2.86. The molecular weight excluding hydrogens is 294 g/mol. The summed E-state index contributed by atoms with van der Waals surface area (Å²) in [6.45, 7) is 2.15. The van der Waals surface area contributed by atoms with Crippen LogP contribution in [0.15, 0.2) is 12.3 Å². The maximum atomic E-state index is 12.3. The van der Waals surface area contributed by atoms with E-state index < -0.39 is 0 Å². The molecule has 0 saturated heterocycles. The number of thioether (sulfide) groups is 1. The first-order valence-electron chi connectivity index (χ1n) is 6.91. The van der Waals surface area contributed by atoms with E-state index in [1.807, 2.05) is 11.8 Å². The van der Waals surface area contributed by atoms with E-state index in [-0.39, 0.29) is 11.9 Å². The van der Waals surface area contributed by atoms with Crippen molar-refractivity contribution in [3.8, 4) is 0 Å². The molecule has 1 aromatic heterocycles. The maximum absolute atomic E-state index is 12.3. The highest BCUT2D eigenvalue weighted by Gasteiger charge is 2.28. The average molecular weight is 314 g/mol. The van der Waals surface area contributed by atoms with Gasteiger partial charge in [-0.3, -0.25) is 4.79 Å². The molecule has 1 heterocycles. The van der Waals surface area contributed by atoms with E-state index in [9.17, 15) is 4.79 Å². The molecule has 1 amide bonds. The van der Waals surface area contributed by atoms with Crippen molar-refractivity contribution >= 4 is 35.1 Å². The third-order valence-corrected chi connectivity index (χ3v) is 5.10. The Morgan fingerprint density at radius 1 is 1.55 bits per heavy atom. The lowest BCUT2D eigenvalue weighted by Gasteiger charge is -2.20. The summed E-state index contributed by atoms with van der Waals surface area (Å²) in [5.41, 5.74) is 0.515. The molecule has 2 N–H and O–H groups in total. The standard InChI is InChI=1S/C14H20ClN3OS/c1-3-20-12-6-4-5-11(12)18-14(19)9-7-10(15)13(16-2)17-8-9/h7-8,11-12H,3-6H2,1-2H3,(H,16,17)(H,18,19). The summed E-state index contributed by atoms with van der Waals surface area (Å²) in [7, 11) is 1.75. The van der Waals surface area contributed by atoms with Crippen LogP contribution in [0.1, 0.15) is 36.5 Å². The summed E-state index contributed by atoms with van der Waals surface area (Å²) in [6, 6.07) is 1.92. The van der Waals surface area contributed by atoms with Gasteiger partial charge in [-0.1, -0.05) is 24.9 Å². The van der Waals surface area contributed by atoms with E-state index in [0.717, 1.165) is 12.2 Å². The molecule has 110 valence electrons. The van der Waals surface area contributed by atoms with Crippen molar-refractivity contribution in [1.29, 1.82) is 0 Å². The van der Waals surface area contributed by atoms with Crippen LogP contribution in [-0.2, 0) is 0 Å². The van der Waals surface area contributed by atoms with Crippen LogP contribution >= 0.6 is 23.4 Å². The van der Waals surface area contributed by atoms with Crippen LogP contribution in [0.3, 0.4) is 0 Å². The normalized spacial score (nSPS) is 21.8. The van der Waals surface area contributed by atoms with Crippen LogP contribution in [0.25, 0.3) is 0 Å². The Bertz CT molecular complexity index is 483. The molecule has 0 bridgehead atoms. The molecule has 6 heteroatoms. The van der Waals surface area contributed by atoms with E-state index in [4.69, 9.17) is 11.6 Å². The van der Waals surface area contributed by atoms with E-state index in [1.165, 1.54) is 12.8 Å². The summed E-state index contributed by atoms with van der Waals surface area (Å²) in [5.74, 6) is 1.58. The lowest BCUT2D eigenvalue weighted by atomic mass is 10.2. The van der Waals surface area contributed by atoms with Gasteiger partial charge in [0, 0.05) is 24.5 Å². The molecule has 2 rings (SSSR count). The second-order valence-electron chi connectivity index (χ2n) is 4.81. The minimum atomic E-state index is -0.0874. The quantitative estimate of drug-likeness (QED) is 0.876. The SMILES string of the molecule is CCSC1CCCC1NC(=O)c1cnc(NC)c(Cl)c1. The number of nitrogens with one attached hydrogen (secondary N) is 2. The minimum absolute atomic E-state index is 0.0874. The summed E-state index contributed by atoms with van der Waals surface area (Å²) in [5, 5.41) is 6.99. The summed E-state index contributed by atoms with van der Waals surface area (Å²) >= 11 is 7.99. The van der Waals surface area contributed by atoms with Gasteiger partial charge in [0.15, 0.2) is 0 Å². The number of nitrogens with zero attached hydrogens (tertiary/aromatic N) is 1. The first kappa shape index (κ1) is 15.4. The second kappa shape index (κ2) is 7.18. The van der Waals surface area contributed by atoms with Crippen molar-refractivity contribution < 1.29 is 4.79 Å². The maximum Gasteiger partial charge on any atom is 0.253 e. The van der Waals surface area contributed by atoms with Crippen LogP contribution in [0, 0.1) is 0 Å². The zero-order chi connectivity index (χ0) is 14.5. The molecule has 20 heavy (non-hydrogen) atoms. The van der Waals surface area contributed by atoms with E-state index >= 15 is 0 Å². The third kappa shape index (κ3) is 3.58. The summed E-state index contributed by atoms with van der Waals surface area (Å²) in [6.07, 6.45) is 4.98. The number of carbonyl (C=O) groups excluding carboxylic acids is 1. The number of anilines is 1. The third-order valence-electron chi connectivity index (χ3n) is 3.49. The van der Waals surface area contributed by atoms with E-state index in [1.54, 1.807) is 19.3 Å². The summed E-state index contributed by atoms with van der Waals surface area (Å²) in [4.78, 5) is 16.4. The molecule has 1 fully saturated rings. The molecule has 2 unspecified atom stereocenters. The zero-order valence-corrected chi connectivity index (χ0v) is 13.4. The van der Waals surface area contributed by atoms with Gasteiger partial charge in [-0.05, 0) is 24.7 Å². The molecule has 0 spiro atoms. The van der Waals surface area contributed by atoms with Gasteiger partial charge in [0.1, 0.15) is 5.82 Å². The fourth-order valence-corrected chi connectivity index (χ4v) is 3.96. The molecular formula is C14H20ClN3OS. The van der Waals surface area contributed by atoms with Gasteiger partial charge in [0.05, 0.1) is 10.6 Å². The number of halogens is 1. The number of carbonyl (C=O) groups is 1. The zero-order valence-electron chi connectivity index (χ0n) is 11.8. The number of hydrogen-bond donors (Lipinski definition) is 2. The van der Waals surface area contributed by atoms with Crippen LogP contribution in [0.2, 0.25) is 5.02 Å². The van der Waals surface area contributed by atoms with Crippen molar-refractivity contribution in [2.24, 2.45) is 0 Å². The molecule has 4 nitrogen and oxygen atoms in total. The molecule has 2 atom stereocenters. The van der Waals surface area contributed by atoms with Crippen LogP contribution in [0.5, 0.6) is 0 Å². The number of pyridine rings is 1. The van der Waals surface area contributed by atoms with Crippen molar-refractivity contribution in [2.75, 3.05) is 18.1 Å². The predicted octanol–water partition coefficient (Wildman–Crippen LogP) is 3.18. The molecule has 1 aromatic rings. The molecule has 0 radical (unpaired) electrons. The lowest BCUT2D eigenvalue weighted by Crippen LogP contribution is -2.38. The van der Waals surface area contributed by atoms with Gasteiger partial charge in [0.25, 0.3) is 5.91 Å². The highest BCUT2D eigenvalue weighted by atomic mass is 35.5. The Kier molecular flexibility index (Phi) is 5.54. The smallest absolute Gasteiger partial charge is 0.253 e. The van der Waals surface area contributed by atoms with Gasteiger partial charge in [-0.25, -0.2) is 4.98 Å². The van der Waals surface area contributed by atoms with E-state index in [0.29, 0.717) is 21.7 Å². The first-order valence-corrected chi connectivity index (χ1v) is 8.34. The highest BCUT2D eigenvalue weighted by molar-refractivity contribution is 7.99. The van der Waals surface area contributed by atoms with Gasteiger partial charge in [-0.2, -0.15) is 11.8 Å². The Labute approximate surface area is 129 Å². The van der Waals surface area contributed by atoms with Gasteiger partial charge in [0.2, 0.25) is 0 Å². The minimum Gasteiger partial charge on any atom is -0.372 e. The molecule has 0 aliphatic heterocycles. The van der Waals surface area contributed by atoms with E-state index in [2.05, 4.69) is 22.5 Å². The molecule has 1 aliphatic rings. The van der Waals surface area contributed by atoms with Gasteiger partial charge >= 0.3 is 0 Å². The highest BCUT2D eigenvalue weighted by Crippen LogP contribution is 2.30. The Hall–Kier alpha value is -0.940. The second-order valence-corrected chi connectivity index (χ2v) is 6.73. The lowest BCUT2D eigenvalue weighted by molar-refractivity contribution is 0.0938. The fraction of sp³-hybridized carbons (Fsp3) is 0.571. The van der Waals surface area contributed by atoms with Gasteiger partial charge in [-0.15, -0.1) is 0 Å².